The van der Waals surface area contributed by atoms with Gasteiger partial charge < -0.3 is 9.84 Å². The number of nitrogens with one attached hydrogen (secondary N) is 1. The molecule has 0 radical (unpaired) electrons. The van der Waals surface area contributed by atoms with Gasteiger partial charge in [-0.05, 0) is 50.1 Å². The number of hydrazine groups is 1. The van der Waals surface area contributed by atoms with Crippen LogP contribution < -0.4 is 11.3 Å². The van der Waals surface area contributed by atoms with Gasteiger partial charge >= 0.3 is 6.09 Å². The van der Waals surface area contributed by atoms with Gasteiger partial charge in [-0.3, -0.25) is 15.1 Å². The molecule has 3 rings (SSSR count). The third-order valence-electron chi connectivity index (χ3n) is 5.15. The number of amides is 2. The molecule has 2 aromatic carbocycles. The van der Waals surface area contributed by atoms with Gasteiger partial charge in [0.2, 0.25) is 0 Å². The highest BCUT2D eigenvalue weighted by Gasteiger charge is 2.43. The molecule has 30 heavy (non-hydrogen) atoms. The van der Waals surface area contributed by atoms with Crippen LogP contribution in [0.3, 0.4) is 0 Å². The molecule has 0 aliphatic carbocycles. The molecule has 1 aliphatic rings. The number of hydrogen-bond acceptors (Lipinski definition) is 5. The minimum absolute atomic E-state index is 0.220. The summed E-state index contributed by atoms with van der Waals surface area (Å²) in [5, 5.41) is 10.4. The van der Waals surface area contributed by atoms with E-state index in [2.05, 4.69) is 5.43 Å². The lowest BCUT2D eigenvalue weighted by Crippen LogP contribution is -2.45. The van der Waals surface area contributed by atoms with Gasteiger partial charge in [-0.25, -0.2) is 10.6 Å². The Kier molecular flexibility index (Phi) is 5.96. The molecule has 2 atom stereocenters. The van der Waals surface area contributed by atoms with E-state index >= 15 is 0 Å². The van der Waals surface area contributed by atoms with E-state index in [1.807, 2.05) is 43.3 Å². The summed E-state index contributed by atoms with van der Waals surface area (Å²) in [5.74, 6) is 4.77. The topological polar surface area (TPSA) is 105 Å². The maximum absolute atomic E-state index is 13.0. The molecule has 158 valence electrons. The van der Waals surface area contributed by atoms with E-state index in [0.717, 1.165) is 11.1 Å². The largest absolute Gasteiger partial charge is 0.433 e. The van der Waals surface area contributed by atoms with E-state index in [0.29, 0.717) is 5.56 Å². The highest BCUT2D eigenvalue weighted by Crippen LogP contribution is 2.40. The maximum atomic E-state index is 13.0. The number of rotatable bonds is 6. The SMILES string of the molecule is C[C@@H](c1ccc(C(=O)NN)cc1)N1C=CC(CC(C)(C)O)(c2ccccc2)OC1=O. The zero-order valence-corrected chi connectivity index (χ0v) is 17.3. The molecule has 7 nitrogen and oxygen atoms in total. The van der Waals surface area contributed by atoms with Crippen molar-refractivity contribution in [1.82, 2.24) is 10.3 Å². The van der Waals surface area contributed by atoms with E-state index in [1.54, 1.807) is 44.3 Å². The minimum atomic E-state index is -1.06. The van der Waals surface area contributed by atoms with E-state index in [4.69, 9.17) is 10.6 Å². The second-order valence-electron chi connectivity index (χ2n) is 8.11. The predicted octanol–water partition coefficient (Wildman–Crippen LogP) is 3.37. The number of carbonyl (C=O) groups is 2. The first-order valence-corrected chi connectivity index (χ1v) is 9.75. The molecule has 0 saturated heterocycles. The second kappa shape index (κ2) is 8.30. The van der Waals surface area contributed by atoms with Crippen LogP contribution in [0.2, 0.25) is 0 Å². The summed E-state index contributed by atoms with van der Waals surface area (Å²) in [4.78, 5) is 26.1. The Morgan fingerprint density at radius 1 is 1.20 bits per heavy atom. The average molecular weight is 409 g/mol. The maximum Gasteiger partial charge on any atom is 0.415 e. The summed E-state index contributed by atoms with van der Waals surface area (Å²) in [6.07, 6.45) is 3.23. The molecule has 0 aromatic heterocycles. The van der Waals surface area contributed by atoms with Crippen molar-refractivity contribution in [3.8, 4) is 0 Å². The molecule has 7 heteroatoms. The van der Waals surface area contributed by atoms with Crippen LogP contribution in [0.5, 0.6) is 0 Å². The highest BCUT2D eigenvalue weighted by molar-refractivity contribution is 5.93. The number of nitrogens with two attached hydrogens (primary N) is 1. The van der Waals surface area contributed by atoms with Crippen molar-refractivity contribution < 1.29 is 19.4 Å². The summed E-state index contributed by atoms with van der Waals surface area (Å²) in [6.45, 7) is 5.25. The molecule has 2 aromatic rings. The van der Waals surface area contributed by atoms with Gasteiger partial charge in [-0.1, -0.05) is 42.5 Å². The summed E-state index contributed by atoms with van der Waals surface area (Å²) >= 11 is 0. The summed E-state index contributed by atoms with van der Waals surface area (Å²) < 4.78 is 5.93. The Labute approximate surface area is 176 Å². The third kappa shape index (κ3) is 4.53. The Bertz CT molecular complexity index is 935. The predicted molar refractivity (Wildman–Crippen MR) is 113 cm³/mol. The molecule has 0 spiro atoms. The molecule has 1 aliphatic heterocycles. The lowest BCUT2D eigenvalue weighted by atomic mass is 9.82. The summed E-state index contributed by atoms with van der Waals surface area (Å²) in [6, 6.07) is 15.9. The fraction of sp³-hybridized carbons (Fsp3) is 0.304. The van der Waals surface area contributed by atoms with Crippen LogP contribution in [-0.4, -0.2) is 27.6 Å². The molecule has 1 heterocycles. The lowest BCUT2D eigenvalue weighted by molar-refractivity contribution is -0.0491. The number of nitrogens with zero attached hydrogens (tertiary/aromatic N) is 1. The van der Waals surface area contributed by atoms with Crippen molar-refractivity contribution in [3.63, 3.8) is 0 Å². The van der Waals surface area contributed by atoms with Gasteiger partial charge in [-0.2, -0.15) is 0 Å². The van der Waals surface area contributed by atoms with Gasteiger partial charge in [-0.15, -0.1) is 0 Å². The quantitative estimate of drug-likeness (QED) is 0.385. The highest BCUT2D eigenvalue weighted by atomic mass is 16.6. The number of aliphatic hydroxyl groups is 1. The van der Waals surface area contributed by atoms with Crippen molar-refractivity contribution in [2.24, 2.45) is 5.84 Å². The van der Waals surface area contributed by atoms with E-state index in [1.165, 1.54) is 4.90 Å². The Hall–Kier alpha value is -3.16. The van der Waals surface area contributed by atoms with Crippen molar-refractivity contribution in [2.75, 3.05) is 0 Å². The Morgan fingerprint density at radius 2 is 1.83 bits per heavy atom. The number of cyclic esters (lactones) is 1. The fourth-order valence-electron chi connectivity index (χ4n) is 3.66. The first-order chi connectivity index (χ1) is 14.1. The molecule has 0 saturated carbocycles. The van der Waals surface area contributed by atoms with Crippen LogP contribution in [0.15, 0.2) is 66.9 Å². The Morgan fingerprint density at radius 3 is 2.37 bits per heavy atom. The number of carbonyl (C=O) groups excluding carboxylic acids is 2. The van der Waals surface area contributed by atoms with E-state index in [9.17, 15) is 14.7 Å². The van der Waals surface area contributed by atoms with Gasteiger partial charge in [0.05, 0.1) is 11.6 Å². The van der Waals surface area contributed by atoms with Crippen molar-refractivity contribution in [3.05, 3.63) is 83.6 Å². The lowest BCUT2D eigenvalue weighted by Gasteiger charge is -2.41. The molecular weight excluding hydrogens is 382 g/mol. The molecule has 0 fully saturated rings. The van der Waals surface area contributed by atoms with E-state index in [-0.39, 0.29) is 18.4 Å². The zero-order chi connectivity index (χ0) is 21.9. The van der Waals surface area contributed by atoms with Gasteiger partial charge in [0, 0.05) is 18.2 Å². The minimum Gasteiger partial charge on any atom is -0.433 e. The second-order valence-corrected chi connectivity index (χ2v) is 8.11. The van der Waals surface area contributed by atoms with Crippen LogP contribution >= 0.6 is 0 Å². The smallest absolute Gasteiger partial charge is 0.415 e. The number of hydrogen-bond donors (Lipinski definition) is 3. The van der Waals surface area contributed by atoms with Crippen LogP contribution in [0, 0.1) is 0 Å². The number of benzene rings is 2. The average Bonchev–Trinajstić information content (AvgIpc) is 2.72. The monoisotopic (exact) mass is 409 g/mol. The van der Waals surface area contributed by atoms with Gasteiger partial charge in [0.1, 0.15) is 0 Å². The summed E-state index contributed by atoms with van der Waals surface area (Å²) in [5.41, 5.74) is 2.04. The number of ether oxygens (including phenoxy) is 1. The van der Waals surface area contributed by atoms with E-state index < -0.39 is 17.3 Å². The summed E-state index contributed by atoms with van der Waals surface area (Å²) in [7, 11) is 0. The van der Waals surface area contributed by atoms with Crippen LogP contribution in [0.4, 0.5) is 4.79 Å². The van der Waals surface area contributed by atoms with Crippen molar-refractivity contribution in [1.29, 1.82) is 0 Å². The van der Waals surface area contributed by atoms with Crippen LogP contribution in [0.25, 0.3) is 0 Å². The molecule has 0 bridgehead atoms. The van der Waals surface area contributed by atoms with Gasteiger partial charge in [0.15, 0.2) is 5.60 Å². The molecular formula is C23H27N3O4. The first-order valence-electron chi connectivity index (χ1n) is 9.75. The first kappa shape index (κ1) is 21.5. The van der Waals surface area contributed by atoms with Crippen molar-refractivity contribution in [2.45, 2.75) is 44.4 Å². The fourth-order valence-corrected chi connectivity index (χ4v) is 3.66. The molecule has 4 N–H and O–H groups in total. The zero-order valence-electron chi connectivity index (χ0n) is 17.3. The van der Waals surface area contributed by atoms with Crippen LogP contribution in [-0.2, 0) is 10.3 Å². The number of nitrogen functional groups attached to an aromatic ring is 1. The van der Waals surface area contributed by atoms with Gasteiger partial charge in [0.25, 0.3) is 5.91 Å². The third-order valence-corrected chi connectivity index (χ3v) is 5.15. The van der Waals surface area contributed by atoms with Crippen molar-refractivity contribution >= 4 is 12.0 Å². The molecule has 2 amide bonds. The van der Waals surface area contributed by atoms with Crippen LogP contribution in [0.1, 0.15) is 54.7 Å². The molecule has 1 unspecified atom stereocenters. The Balaban J connectivity index is 1.90. The normalized spacial score (nSPS) is 19.9. The standard InChI is InChI=1S/C23H27N3O4/c1-16(17-9-11-18(12-10-17)20(27)25-24)26-14-13-23(30-21(26)28,15-22(2,3)29)19-7-5-4-6-8-19/h4-14,16,29H,15,24H2,1-3H3,(H,25,27)/t16-,23?/m0/s1.